The van der Waals surface area contributed by atoms with Gasteiger partial charge in [0, 0.05) is 0 Å². The van der Waals surface area contributed by atoms with Crippen LogP contribution in [0.3, 0.4) is 0 Å². The number of carbonyl (C=O) groups is 2. The predicted molar refractivity (Wildman–Crippen MR) is 101 cm³/mol. The van der Waals surface area contributed by atoms with Crippen LogP contribution in [0.4, 0.5) is 27.8 Å². The average molecular weight is 374 g/mol. The van der Waals surface area contributed by atoms with Crippen molar-refractivity contribution in [3.8, 4) is 5.75 Å². The van der Waals surface area contributed by atoms with Gasteiger partial charge in [0.2, 0.25) is 0 Å². The van der Waals surface area contributed by atoms with Crippen molar-refractivity contribution in [3.05, 3.63) is 36.4 Å². The van der Waals surface area contributed by atoms with Gasteiger partial charge in [0.05, 0.1) is 0 Å². The van der Waals surface area contributed by atoms with Crippen molar-refractivity contribution in [2.45, 2.75) is 20.3 Å². The molecule has 10 heteroatoms. The number of nitrogens with zero attached hydrogens (tertiary/aromatic N) is 3. The first kappa shape index (κ1) is 21.4. The number of anilines is 2. The van der Waals surface area contributed by atoms with Gasteiger partial charge in [-0.2, -0.15) is 0 Å². The van der Waals surface area contributed by atoms with Gasteiger partial charge in [-0.05, 0) is 24.3 Å². The third-order valence-corrected chi connectivity index (χ3v) is 2.64. The second-order valence-electron chi connectivity index (χ2n) is 5.15. The number of aliphatic carboxylic acids is 1. The molecule has 144 valence electrons. The standard InChI is InChI=1S/C14H14N6O4.C3H8/c15-11-6-5-9(13(16)18-11)20-19-8-3-1-2-4-10(8)24-14(23)17-7-12(21)22;1-3-2/h1-6H,7H2,(H,17,23)(H,21,22)(H4,15,16,18);3H2,1-2H3. The molecule has 27 heavy (non-hydrogen) atoms. The van der Waals surface area contributed by atoms with Crippen LogP contribution in [0.5, 0.6) is 5.75 Å². The number of nitrogens with one attached hydrogen (secondary N) is 1. The van der Waals surface area contributed by atoms with Gasteiger partial charge < -0.3 is 26.6 Å². The first-order chi connectivity index (χ1) is 12.9. The van der Waals surface area contributed by atoms with Gasteiger partial charge in [-0.25, -0.2) is 9.78 Å². The number of amides is 1. The smallest absolute Gasteiger partial charge is 0.413 e. The number of carboxylic acids is 1. The summed E-state index contributed by atoms with van der Waals surface area (Å²) in [7, 11) is 0. The van der Waals surface area contributed by atoms with Crippen molar-refractivity contribution in [1.82, 2.24) is 10.3 Å². The van der Waals surface area contributed by atoms with Crippen LogP contribution in [0.2, 0.25) is 0 Å². The molecule has 1 heterocycles. The lowest BCUT2D eigenvalue weighted by molar-refractivity contribution is -0.135. The van der Waals surface area contributed by atoms with Gasteiger partial charge in [-0.15, -0.1) is 10.2 Å². The van der Waals surface area contributed by atoms with Crippen molar-refractivity contribution in [1.29, 1.82) is 0 Å². The number of azo groups is 1. The quantitative estimate of drug-likeness (QED) is 0.583. The average Bonchev–Trinajstić information content (AvgIpc) is 2.61. The van der Waals surface area contributed by atoms with Crippen molar-refractivity contribution in [2.75, 3.05) is 18.0 Å². The molecule has 0 spiro atoms. The summed E-state index contributed by atoms with van der Waals surface area (Å²) in [6.07, 6.45) is 0.328. The number of benzene rings is 1. The monoisotopic (exact) mass is 374 g/mol. The number of ether oxygens (including phenoxy) is 1. The largest absolute Gasteiger partial charge is 0.480 e. The highest BCUT2D eigenvalue weighted by atomic mass is 16.6. The van der Waals surface area contributed by atoms with Crippen LogP contribution in [-0.4, -0.2) is 28.7 Å². The minimum Gasteiger partial charge on any atom is -0.480 e. The second kappa shape index (κ2) is 11.0. The van der Waals surface area contributed by atoms with E-state index in [4.69, 9.17) is 21.3 Å². The van der Waals surface area contributed by atoms with E-state index < -0.39 is 18.6 Å². The lowest BCUT2D eigenvalue weighted by Gasteiger charge is -2.06. The maximum Gasteiger partial charge on any atom is 0.413 e. The number of pyridine rings is 1. The number of aromatic nitrogens is 1. The number of nitrogen functional groups attached to an aromatic ring is 2. The van der Waals surface area contributed by atoms with E-state index in [9.17, 15) is 9.59 Å². The van der Waals surface area contributed by atoms with Gasteiger partial charge in [-0.3, -0.25) is 4.79 Å². The van der Waals surface area contributed by atoms with E-state index in [0.717, 1.165) is 0 Å². The Morgan fingerprint density at radius 1 is 1.11 bits per heavy atom. The maximum atomic E-state index is 11.5. The zero-order chi connectivity index (χ0) is 20.2. The van der Waals surface area contributed by atoms with Crippen molar-refractivity contribution in [2.24, 2.45) is 10.2 Å². The molecule has 0 saturated heterocycles. The fourth-order valence-electron chi connectivity index (χ4n) is 1.59. The normalized spacial score (nSPS) is 10.0. The van der Waals surface area contributed by atoms with Crippen molar-refractivity contribution in [3.63, 3.8) is 0 Å². The second-order valence-corrected chi connectivity index (χ2v) is 5.15. The van der Waals surface area contributed by atoms with Crippen molar-refractivity contribution < 1.29 is 19.4 Å². The molecule has 0 atom stereocenters. The van der Waals surface area contributed by atoms with Crippen LogP contribution in [0, 0.1) is 0 Å². The van der Waals surface area contributed by atoms with Crippen LogP contribution in [0.25, 0.3) is 0 Å². The van der Waals surface area contributed by atoms with Crippen molar-refractivity contribution >= 4 is 35.1 Å². The van der Waals surface area contributed by atoms with Gasteiger partial charge in [0.1, 0.15) is 23.7 Å². The number of carboxylic acid groups (broad SMARTS) is 1. The van der Waals surface area contributed by atoms with E-state index in [-0.39, 0.29) is 23.1 Å². The summed E-state index contributed by atoms with van der Waals surface area (Å²) in [5, 5.41) is 18.5. The van der Waals surface area contributed by atoms with E-state index >= 15 is 0 Å². The molecule has 0 fully saturated rings. The summed E-state index contributed by atoms with van der Waals surface area (Å²) in [5.41, 5.74) is 11.7. The molecule has 2 rings (SSSR count). The Morgan fingerprint density at radius 3 is 2.37 bits per heavy atom. The Morgan fingerprint density at radius 2 is 1.74 bits per heavy atom. The van der Waals surface area contributed by atoms with Crippen LogP contribution in [0.15, 0.2) is 46.6 Å². The molecule has 0 aliphatic carbocycles. The summed E-state index contributed by atoms with van der Waals surface area (Å²) in [6, 6.07) is 9.40. The molecular formula is C17H22N6O4. The highest BCUT2D eigenvalue weighted by Gasteiger charge is 2.10. The fraction of sp³-hybridized carbons (Fsp3) is 0.235. The SMILES string of the molecule is CCC.Nc1ccc(N=Nc2ccccc2OC(=O)NCC(=O)O)c(N)n1. The number of para-hydroxylation sites is 1. The minimum absolute atomic E-state index is 0.103. The summed E-state index contributed by atoms with van der Waals surface area (Å²) in [4.78, 5) is 25.8. The van der Waals surface area contributed by atoms with Crippen LogP contribution in [-0.2, 0) is 4.79 Å². The molecule has 0 aliphatic rings. The number of hydrogen-bond donors (Lipinski definition) is 4. The molecule has 2 aromatic rings. The fourth-order valence-corrected chi connectivity index (χ4v) is 1.59. The Hall–Kier alpha value is -3.69. The Kier molecular flexibility index (Phi) is 8.72. The first-order valence-electron chi connectivity index (χ1n) is 8.07. The zero-order valence-corrected chi connectivity index (χ0v) is 15.0. The molecule has 6 N–H and O–H groups in total. The minimum atomic E-state index is -1.19. The van der Waals surface area contributed by atoms with E-state index in [2.05, 4.69) is 34.4 Å². The molecule has 1 aromatic heterocycles. The van der Waals surface area contributed by atoms with E-state index in [1.807, 2.05) is 0 Å². The highest BCUT2D eigenvalue weighted by molar-refractivity contribution is 5.78. The number of rotatable bonds is 5. The van der Waals surface area contributed by atoms with Crippen LogP contribution < -0.4 is 21.5 Å². The van der Waals surface area contributed by atoms with E-state index in [1.165, 1.54) is 18.6 Å². The molecular weight excluding hydrogens is 352 g/mol. The van der Waals surface area contributed by atoms with E-state index in [1.54, 1.807) is 24.3 Å². The van der Waals surface area contributed by atoms with Gasteiger partial charge >= 0.3 is 12.1 Å². The van der Waals surface area contributed by atoms with E-state index in [0.29, 0.717) is 5.69 Å². The molecule has 0 saturated carbocycles. The zero-order valence-electron chi connectivity index (χ0n) is 15.0. The summed E-state index contributed by atoms with van der Waals surface area (Å²) in [6.45, 7) is 3.69. The molecule has 10 nitrogen and oxygen atoms in total. The number of nitrogens with two attached hydrogens (primary N) is 2. The summed E-state index contributed by atoms with van der Waals surface area (Å²) >= 11 is 0. The number of carbonyl (C=O) groups excluding carboxylic acids is 1. The van der Waals surface area contributed by atoms with Gasteiger partial charge in [-0.1, -0.05) is 32.4 Å². The summed E-state index contributed by atoms with van der Waals surface area (Å²) < 4.78 is 5.00. The third-order valence-electron chi connectivity index (χ3n) is 2.64. The predicted octanol–water partition coefficient (Wildman–Crippen LogP) is 3.25. The maximum absolute atomic E-state index is 11.5. The molecule has 1 aromatic carbocycles. The topological polar surface area (TPSA) is 165 Å². The highest BCUT2D eigenvalue weighted by Crippen LogP contribution is 2.30. The molecule has 0 bridgehead atoms. The van der Waals surface area contributed by atoms with Gasteiger partial charge in [0.25, 0.3) is 0 Å². The Balaban J connectivity index is 0.00000114. The van der Waals surface area contributed by atoms with Gasteiger partial charge in [0.15, 0.2) is 11.6 Å². The molecule has 1 amide bonds. The Labute approximate surface area is 156 Å². The Bertz CT molecular complexity index is 810. The first-order valence-corrected chi connectivity index (χ1v) is 8.07. The lowest BCUT2D eigenvalue weighted by Crippen LogP contribution is -2.31. The summed E-state index contributed by atoms with van der Waals surface area (Å²) in [5.74, 6) is -0.723. The third kappa shape index (κ3) is 7.82. The molecule has 0 unspecified atom stereocenters. The number of hydrogen-bond acceptors (Lipinski definition) is 8. The van der Waals surface area contributed by atoms with Crippen LogP contribution in [0.1, 0.15) is 20.3 Å². The lowest BCUT2D eigenvalue weighted by atomic mass is 10.3. The van der Waals surface area contributed by atoms with Crippen LogP contribution >= 0.6 is 0 Å². The molecule has 0 radical (unpaired) electrons. The molecule has 0 aliphatic heterocycles.